The molecule has 0 amide bonds. The van der Waals surface area contributed by atoms with Crippen molar-refractivity contribution >= 4 is 40.0 Å². The minimum atomic E-state index is -5.18. The number of fused-ring (bicyclic) bond motifs is 1. The summed E-state index contributed by atoms with van der Waals surface area (Å²) in [5, 5.41) is 13.0. The number of alkyl halides is 3. The van der Waals surface area contributed by atoms with Crippen molar-refractivity contribution in [2.75, 3.05) is 24.4 Å². The van der Waals surface area contributed by atoms with Crippen LogP contribution in [0.25, 0.3) is 10.9 Å². The van der Waals surface area contributed by atoms with E-state index >= 15 is 0 Å². The number of anilines is 1. The van der Waals surface area contributed by atoms with Gasteiger partial charge in [-0.25, -0.2) is 8.78 Å². The van der Waals surface area contributed by atoms with E-state index < -0.39 is 52.0 Å². The molecule has 1 heterocycles. The summed E-state index contributed by atoms with van der Waals surface area (Å²) in [5.74, 6) is -2.37. The number of hydrogen-bond donors (Lipinski definition) is 3. The second-order valence-electron chi connectivity index (χ2n) is 7.46. The Hall–Kier alpha value is -2.50. The Morgan fingerprint density at radius 1 is 1.21 bits per heavy atom. The SMILES string of the molecule is COc1ccc(C(Nc2cc(F)cc3[nH]c(=O)ccc23)C(O)(CCSC)C(F)(F)F)c(Cl)c1F. The molecule has 2 unspecified atom stereocenters. The van der Waals surface area contributed by atoms with Crippen LogP contribution in [0.1, 0.15) is 18.0 Å². The molecular formula is C22H20ClF5N2O3S. The van der Waals surface area contributed by atoms with Crippen LogP contribution in [0.4, 0.5) is 27.6 Å². The van der Waals surface area contributed by atoms with Crippen LogP contribution in [0.2, 0.25) is 5.02 Å². The molecule has 1 aromatic heterocycles. The highest BCUT2D eigenvalue weighted by molar-refractivity contribution is 7.98. The Morgan fingerprint density at radius 2 is 1.91 bits per heavy atom. The molecule has 3 N–H and O–H groups in total. The van der Waals surface area contributed by atoms with Crippen LogP contribution in [-0.2, 0) is 0 Å². The number of nitrogens with one attached hydrogen (secondary N) is 2. The van der Waals surface area contributed by atoms with E-state index in [9.17, 15) is 31.9 Å². The first kappa shape index (κ1) is 26.1. The second kappa shape index (κ2) is 10.0. The topological polar surface area (TPSA) is 74.3 Å². The van der Waals surface area contributed by atoms with Gasteiger partial charge in [-0.1, -0.05) is 17.7 Å². The Bertz CT molecular complexity index is 1250. The third kappa shape index (κ3) is 4.96. The second-order valence-corrected chi connectivity index (χ2v) is 8.83. The zero-order valence-electron chi connectivity index (χ0n) is 17.9. The summed E-state index contributed by atoms with van der Waals surface area (Å²) in [4.78, 5) is 14.0. The summed E-state index contributed by atoms with van der Waals surface area (Å²) in [6.07, 6.45) is -4.39. The van der Waals surface area contributed by atoms with Gasteiger partial charge in [-0.15, -0.1) is 0 Å². The first-order valence-electron chi connectivity index (χ1n) is 9.82. The fraction of sp³-hybridized carbons (Fsp3) is 0.318. The van der Waals surface area contributed by atoms with Gasteiger partial charge in [0.05, 0.1) is 23.7 Å². The number of aromatic amines is 1. The lowest BCUT2D eigenvalue weighted by molar-refractivity contribution is -0.267. The van der Waals surface area contributed by atoms with E-state index in [1.54, 1.807) is 6.26 Å². The Labute approximate surface area is 200 Å². The number of halogens is 6. The highest BCUT2D eigenvalue weighted by Crippen LogP contribution is 2.47. The summed E-state index contributed by atoms with van der Waals surface area (Å²) >= 11 is 7.17. The molecule has 3 aromatic rings. The normalized spacial score (nSPS) is 14.6. The Morgan fingerprint density at radius 3 is 2.53 bits per heavy atom. The fourth-order valence-electron chi connectivity index (χ4n) is 3.60. The number of pyridine rings is 1. The van der Waals surface area contributed by atoms with Crippen LogP contribution in [0.3, 0.4) is 0 Å². The Kier molecular flexibility index (Phi) is 7.69. The number of H-pyrrole nitrogens is 1. The molecule has 0 bridgehead atoms. The van der Waals surface area contributed by atoms with E-state index in [-0.39, 0.29) is 28.1 Å². The number of ether oxygens (including phenoxy) is 1. The summed E-state index contributed by atoms with van der Waals surface area (Å²) in [6.45, 7) is 0. The van der Waals surface area contributed by atoms with Crippen molar-refractivity contribution in [3.8, 4) is 5.75 Å². The molecule has 0 saturated heterocycles. The van der Waals surface area contributed by atoms with E-state index in [2.05, 4.69) is 10.3 Å². The zero-order chi connectivity index (χ0) is 25.3. The van der Waals surface area contributed by atoms with Gasteiger partial charge in [-0.2, -0.15) is 24.9 Å². The molecular weight excluding hydrogens is 503 g/mol. The highest BCUT2D eigenvalue weighted by Gasteiger charge is 2.59. The summed E-state index contributed by atoms with van der Waals surface area (Å²) in [5.41, 5.74) is -4.55. The van der Waals surface area contributed by atoms with E-state index in [1.165, 1.54) is 6.07 Å². The van der Waals surface area contributed by atoms with Gasteiger partial charge in [-0.05, 0) is 48.3 Å². The van der Waals surface area contributed by atoms with E-state index in [0.29, 0.717) is 0 Å². The van der Waals surface area contributed by atoms with E-state index in [0.717, 1.165) is 49.2 Å². The molecule has 34 heavy (non-hydrogen) atoms. The van der Waals surface area contributed by atoms with Gasteiger partial charge >= 0.3 is 6.18 Å². The molecule has 12 heteroatoms. The number of aliphatic hydroxyl groups is 1. The molecule has 2 aromatic carbocycles. The van der Waals surface area contributed by atoms with Crippen molar-refractivity contribution in [1.29, 1.82) is 0 Å². The highest BCUT2D eigenvalue weighted by atomic mass is 35.5. The summed E-state index contributed by atoms with van der Waals surface area (Å²) in [6, 6.07) is 4.44. The smallest absolute Gasteiger partial charge is 0.419 e. The average Bonchev–Trinajstić information content (AvgIpc) is 2.76. The third-order valence-electron chi connectivity index (χ3n) is 5.37. The van der Waals surface area contributed by atoms with Gasteiger partial charge < -0.3 is 20.1 Å². The lowest BCUT2D eigenvalue weighted by Gasteiger charge is -2.39. The molecule has 0 radical (unpaired) electrons. The zero-order valence-corrected chi connectivity index (χ0v) is 19.5. The van der Waals surface area contributed by atoms with E-state index in [1.807, 2.05) is 0 Å². The molecule has 3 rings (SSSR count). The number of methoxy groups -OCH3 is 1. The summed E-state index contributed by atoms with van der Waals surface area (Å²) in [7, 11) is 1.16. The van der Waals surface area contributed by atoms with Crippen LogP contribution in [0, 0.1) is 11.6 Å². The van der Waals surface area contributed by atoms with Crippen LogP contribution < -0.4 is 15.6 Å². The fourth-order valence-corrected chi connectivity index (χ4v) is 4.38. The average molecular weight is 523 g/mol. The van der Waals surface area contributed by atoms with Crippen LogP contribution >= 0.6 is 23.4 Å². The predicted molar refractivity (Wildman–Crippen MR) is 123 cm³/mol. The standard InChI is InChI=1S/C22H20ClF5N2O3S/c1-33-16-5-3-13(18(23)19(16)25)20(21(32,7-8-34-2)22(26,27)28)30-15-10-11(24)9-14-12(15)4-6-17(31)29-14/h3-6,9-10,20,30,32H,7-8H2,1-2H3,(H,29,31). The lowest BCUT2D eigenvalue weighted by atomic mass is 9.84. The largest absolute Gasteiger partial charge is 0.494 e. The molecule has 2 atom stereocenters. The monoisotopic (exact) mass is 522 g/mol. The van der Waals surface area contributed by atoms with Crippen molar-refractivity contribution < 1.29 is 31.8 Å². The minimum absolute atomic E-state index is 0.0143. The molecule has 0 saturated carbocycles. The maximum atomic E-state index is 14.7. The molecule has 5 nitrogen and oxygen atoms in total. The third-order valence-corrected chi connectivity index (χ3v) is 6.36. The van der Waals surface area contributed by atoms with Crippen molar-refractivity contribution in [3.63, 3.8) is 0 Å². The maximum absolute atomic E-state index is 14.7. The van der Waals surface area contributed by atoms with Crippen molar-refractivity contribution in [1.82, 2.24) is 4.98 Å². The first-order chi connectivity index (χ1) is 15.9. The van der Waals surface area contributed by atoms with Crippen molar-refractivity contribution in [2.45, 2.75) is 24.2 Å². The molecule has 0 fully saturated rings. The van der Waals surface area contributed by atoms with Crippen LogP contribution in [0.5, 0.6) is 5.75 Å². The number of aromatic nitrogens is 1. The number of benzene rings is 2. The molecule has 0 spiro atoms. The molecule has 0 aliphatic rings. The first-order valence-corrected chi connectivity index (χ1v) is 11.6. The van der Waals surface area contributed by atoms with Gasteiger partial charge in [-0.3, -0.25) is 4.79 Å². The van der Waals surface area contributed by atoms with Gasteiger partial charge in [0, 0.05) is 17.1 Å². The number of hydrogen-bond acceptors (Lipinski definition) is 5. The Balaban J connectivity index is 2.28. The molecule has 0 aliphatic heterocycles. The number of thioether (sulfide) groups is 1. The van der Waals surface area contributed by atoms with Gasteiger partial charge in [0.2, 0.25) is 5.56 Å². The van der Waals surface area contributed by atoms with Crippen molar-refractivity contribution in [3.05, 3.63) is 69.0 Å². The summed E-state index contributed by atoms with van der Waals surface area (Å²) < 4.78 is 76.8. The molecule has 0 aliphatic carbocycles. The maximum Gasteiger partial charge on any atom is 0.419 e. The van der Waals surface area contributed by atoms with Crippen LogP contribution in [0.15, 0.2) is 41.2 Å². The van der Waals surface area contributed by atoms with Crippen molar-refractivity contribution in [2.24, 2.45) is 0 Å². The number of rotatable bonds is 8. The van der Waals surface area contributed by atoms with Gasteiger partial charge in [0.15, 0.2) is 17.2 Å². The minimum Gasteiger partial charge on any atom is -0.494 e. The predicted octanol–water partition coefficient (Wildman–Crippen LogP) is 5.67. The van der Waals surface area contributed by atoms with E-state index in [4.69, 9.17) is 16.3 Å². The van der Waals surface area contributed by atoms with Crippen LogP contribution in [-0.4, -0.2) is 41.0 Å². The van der Waals surface area contributed by atoms with Gasteiger partial charge in [0.25, 0.3) is 0 Å². The lowest BCUT2D eigenvalue weighted by Crippen LogP contribution is -2.53. The van der Waals surface area contributed by atoms with Gasteiger partial charge in [0.1, 0.15) is 5.82 Å². The molecule has 184 valence electrons. The quantitative estimate of drug-likeness (QED) is 0.333.